The molecule has 0 saturated heterocycles. The molecular formula is C19H16FN5O. The highest BCUT2D eigenvalue weighted by molar-refractivity contribution is 5.66. The maximum Gasteiger partial charge on any atom is 0.350 e. The number of rotatable bonds is 4. The number of aromatic amines is 1. The third kappa shape index (κ3) is 3.06. The normalized spacial score (nSPS) is 11.0. The van der Waals surface area contributed by atoms with Crippen molar-refractivity contribution in [3.05, 3.63) is 82.0 Å². The van der Waals surface area contributed by atoms with Crippen LogP contribution in [0, 0.1) is 12.7 Å². The van der Waals surface area contributed by atoms with Crippen molar-refractivity contribution in [1.82, 2.24) is 19.6 Å². The smallest absolute Gasteiger partial charge is 0.350 e. The van der Waals surface area contributed by atoms with Gasteiger partial charge in [-0.15, -0.1) is 0 Å². The van der Waals surface area contributed by atoms with Gasteiger partial charge in [-0.1, -0.05) is 35.9 Å². The first kappa shape index (κ1) is 16.0. The lowest BCUT2D eigenvalue weighted by Gasteiger charge is -2.10. The minimum absolute atomic E-state index is 0.290. The van der Waals surface area contributed by atoms with Crippen molar-refractivity contribution < 1.29 is 4.39 Å². The topological polar surface area (TPSA) is 75.1 Å². The van der Waals surface area contributed by atoms with Crippen LogP contribution in [0.25, 0.3) is 16.9 Å². The quantitative estimate of drug-likeness (QED) is 0.593. The van der Waals surface area contributed by atoms with E-state index in [-0.39, 0.29) is 11.5 Å². The van der Waals surface area contributed by atoms with E-state index >= 15 is 0 Å². The predicted molar refractivity (Wildman–Crippen MR) is 97.5 cm³/mol. The number of nitrogens with one attached hydrogen (secondary N) is 2. The van der Waals surface area contributed by atoms with Gasteiger partial charge in [-0.25, -0.2) is 23.7 Å². The number of hydrogen-bond acceptors (Lipinski definition) is 4. The molecule has 4 rings (SSSR count). The Morgan fingerprint density at radius 3 is 2.73 bits per heavy atom. The van der Waals surface area contributed by atoms with Gasteiger partial charge in [-0.2, -0.15) is 5.10 Å². The van der Waals surface area contributed by atoms with Crippen LogP contribution in [-0.4, -0.2) is 19.6 Å². The van der Waals surface area contributed by atoms with Crippen LogP contribution >= 0.6 is 0 Å². The molecule has 0 unspecified atom stereocenters. The van der Waals surface area contributed by atoms with E-state index in [1.807, 2.05) is 31.2 Å². The van der Waals surface area contributed by atoms with Crippen molar-refractivity contribution in [1.29, 1.82) is 0 Å². The van der Waals surface area contributed by atoms with Crippen LogP contribution < -0.4 is 11.0 Å². The maximum atomic E-state index is 13.1. The number of aromatic nitrogens is 4. The van der Waals surface area contributed by atoms with E-state index in [1.165, 1.54) is 16.5 Å². The highest BCUT2D eigenvalue weighted by Gasteiger charge is 2.11. The van der Waals surface area contributed by atoms with Crippen LogP contribution in [0.1, 0.15) is 11.1 Å². The molecule has 0 radical (unpaired) electrons. The van der Waals surface area contributed by atoms with Crippen molar-refractivity contribution in [3.8, 4) is 11.3 Å². The molecule has 0 aliphatic heterocycles. The molecule has 0 atom stereocenters. The second kappa shape index (κ2) is 6.44. The Morgan fingerprint density at radius 1 is 1.15 bits per heavy atom. The number of hydrogen-bond donors (Lipinski definition) is 2. The second-order valence-corrected chi connectivity index (χ2v) is 6.04. The summed E-state index contributed by atoms with van der Waals surface area (Å²) < 4.78 is 14.4. The minimum Gasteiger partial charge on any atom is -0.351 e. The van der Waals surface area contributed by atoms with E-state index in [4.69, 9.17) is 0 Å². The monoisotopic (exact) mass is 349 g/mol. The first-order valence-electron chi connectivity index (χ1n) is 8.14. The zero-order chi connectivity index (χ0) is 18.1. The molecule has 0 spiro atoms. The Kier molecular flexibility index (Phi) is 3.96. The summed E-state index contributed by atoms with van der Waals surface area (Å²) in [7, 11) is 0. The van der Waals surface area contributed by atoms with Gasteiger partial charge < -0.3 is 5.32 Å². The standard InChI is InChI=1S/C19H16FN5O/c1-12-3-2-4-14(9-12)16-10-17-23-24-19(26)25(17)18(22-16)21-11-13-5-7-15(20)8-6-13/h2-10H,11H2,1H3,(H,21,22)(H,24,26). The SMILES string of the molecule is Cc1cccc(-c2cc3n[nH]c(=O)n3c(NCc3ccc(F)cc3)n2)c1. The highest BCUT2D eigenvalue weighted by atomic mass is 19.1. The molecule has 2 aromatic carbocycles. The highest BCUT2D eigenvalue weighted by Crippen LogP contribution is 2.21. The van der Waals surface area contributed by atoms with E-state index < -0.39 is 0 Å². The summed E-state index contributed by atoms with van der Waals surface area (Å²) in [5.41, 5.74) is 3.74. The Bertz CT molecular complexity index is 1130. The van der Waals surface area contributed by atoms with Gasteiger partial charge in [0.1, 0.15) is 5.82 Å². The van der Waals surface area contributed by atoms with Crippen LogP contribution in [-0.2, 0) is 6.54 Å². The Hall–Kier alpha value is -3.48. The zero-order valence-electron chi connectivity index (χ0n) is 14.0. The molecule has 0 fully saturated rings. The molecule has 0 aliphatic carbocycles. The largest absolute Gasteiger partial charge is 0.351 e. The Labute approximate surface area is 148 Å². The second-order valence-electron chi connectivity index (χ2n) is 6.04. The third-order valence-corrected chi connectivity index (χ3v) is 4.08. The summed E-state index contributed by atoms with van der Waals surface area (Å²) in [4.78, 5) is 16.7. The average molecular weight is 349 g/mol. The van der Waals surface area contributed by atoms with Gasteiger partial charge >= 0.3 is 5.69 Å². The van der Waals surface area contributed by atoms with E-state index in [0.29, 0.717) is 23.8 Å². The van der Waals surface area contributed by atoms with Crippen LogP contribution in [0.2, 0.25) is 0 Å². The predicted octanol–water partition coefficient (Wildman–Crippen LogP) is 3.14. The molecular weight excluding hydrogens is 333 g/mol. The summed E-state index contributed by atoms with van der Waals surface area (Å²) in [5, 5.41) is 9.64. The van der Waals surface area contributed by atoms with Gasteiger partial charge in [0.15, 0.2) is 5.65 Å². The van der Waals surface area contributed by atoms with Gasteiger partial charge in [0.25, 0.3) is 0 Å². The average Bonchev–Trinajstić information content (AvgIpc) is 3.02. The number of nitrogens with zero attached hydrogens (tertiary/aromatic N) is 3. The van der Waals surface area contributed by atoms with Gasteiger partial charge in [-0.05, 0) is 30.7 Å². The molecule has 0 amide bonds. The zero-order valence-corrected chi connectivity index (χ0v) is 14.0. The molecule has 2 N–H and O–H groups in total. The number of anilines is 1. The molecule has 0 bridgehead atoms. The number of fused-ring (bicyclic) bond motifs is 1. The molecule has 7 heteroatoms. The summed E-state index contributed by atoms with van der Waals surface area (Å²) >= 11 is 0. The molecule has 6 nitrogen and oxygen atoms in total. The third-order valence-electron chi connectivity index (χ3n) is 4.08. The number of H-pyrrole nitrogens is 1. The summed E-state index contributed by atoms with van der Waals surface area (Å²) in [6.45, 7) is 2.41. The van der Waals surface area contributed by atoms with Crippen LogP contribution in [0.5, 0.6) is 0 Å². The fourth-order valence-corrected chi connectivity index (χ4v) is 2.78. The first-order chi connectivity index (χ1) is 12.6. The molecule has 130 valence electrons. The van der Waals surface area contributed by atoms with Crippen molar-refractivity contribution in [2.24, 2.45) is 0 Å². The maximum absolute atomic E-state index is 13.1. The molecule has 0 aliphatic rings. The molecule has 2 heterocycles. The lowest BCUT2D eigenvalue weighted by molar-refractivity contribution is 0.627. The van der Waals surface area contributed by atoms with Gasteiger partial charge in [0.2, 0.25) is 5.95 Å². The van der Waals surface area contributed by atoms with E-state index in [0.717, 1.165) is 16.7 Å². The number of benzene rings is 2. The van der Waals surface area contributed by atoms with E-state index in [1.54, 1.807) is 18.2 Å². The number of halogens is 1. The van der Waals surface area contributed by atoms with Crippen molar-refractivity contribution in [2.75, 3.05) is 5.32 Å². The van der Waals surface area contributed by atoms with Crippen LogP contribution in [0.3, 0.4) is 0 Å². The number of aryl methyl sites for hydroxylation is 1. The Morgan fingerprint density at radius 2 is 1.96 bits per heavy atom. The first-order valence-corrected chi connectivity index (χ1v) is 8.14. The van der Waals surface area contributed by atoms with Gasteiger partial charge in [0.05, 0.1) is 5.69 Å². The van der Waals surface area contributed by atoms with Crippen LogP contribution in [0.15, 0.2) is 59.4 Å². The summed E-state index contributed by atoms with van der Waals surface area (Å²) in [6.07, 6.45) is 0. The van der Waals surface area contributed by atoms with Crippen molar-refractivity contribution in [2.45, 2.75) is 13.5 Å². The molecule has 26 heavy (non-hydrogen) atoms. The van der Waals surface area contributed by atoms with Gasteiger partial charge in [-0.3, -0.25) is 0 Å². The summed E-state index contributed by atoms with van der Waals surface area (Å²) in [5.74, 6) is 0.0869. The fraction of sp³-hybridized carbons (Fsp3) is 0.105. The Balaban J connectivity index is 1.75. The van der Waals surface area contributed by atoms with E-state index in [2.05, 4.69) is 20.5 Å². The lowest BCUT2D eigenvalue weighted by atomic mass is 10.1. The lowest BCUT2D eigenvalue weighted by Crippen LogP contribution is -2.16. The van der Waals surface area contributed by atoms with Crippen molar-refractivity contribution in [3.63, 3.8) is 0 Å². The fourth-order valence-electron chi connectivity index (χ4n) is 2.78. The van der Waals surface area contributed by atoms with Crippen LogP contribution in [0.4, 0.5) is 10.3 Å². The minimum atomic E-state index is -0.370. The molecule has 0 saturated carbocycles. The summed E-state index contributed by atoms with van der Waals surface area (Å²) in [6, 6.07) is 15.9. The molecule has 4 aromatic rings. The molecule has 2 aromatic heterocycles. The van der Waals surface area contributed by atoms with Crippen molar-refractivity contribution >= 4 is 11.6 Å². The van der Waals surface area contributed by atoms with Gasteiger partial charge in [0, 0.05) is 18.2 Å². The van der Waals surface area contributed by atoms with E-state index in [9.17, 15) is 9.18 Å².